The van der Waals surface area contributed by atoms with Crippen LogP contribution in [0.1, 0.15) is 17.7 Å². The minimum Gasteiger partial charge on any atom is -0.288 e. The highest BCUT2D eigenvalue weighted by Gasteiger charge is 2.06. The van der Waals surface area contributed by atoms with E-state index in [0.717, 1.165) is 23.0 Å². The van der Waals surface area contributed by atoms with E-state index in [4.69, 9.17) is 0 Å². The minimum atomic E-state index is 0.214. The Kier molecular flexibility index (Phi) is 9.22. The molecule has 0 aliphatic carbocycles. The van der Waals surface area contributed by atoms with Crippen molar-refractivity contribution in [3.8, 4) is 0 Å². The Morgan fingerprint density at radius 3 is 2.53 bits per heavy atom. The molecule has 0 N–H and O–H groups in total. The fraction of sp³-hybridized carbons (Fsp3) is 0.400. The van der Waals surface area contributed by atoms with Gasteiger partial charge in [0.1, 0.15) is 0 Å². The fourth-order valence-corrected chi connectivity index (χ4v) is 4.42. The van der Waals surface area contributed by atoms with Crippen LogP contribution in [0.15, 0.2) is 43.0 Å². The first-order valence-corrected chi connectivity index (χ1v) is 9.43. The summed E-state index contributed by atoms with van der Waals surface area (Å²) >= 11 is 5.26. The first-order chi connectivity index (χ1) is 9.24. The molecule has 0 radical (unpaired) electrons. The fourth-order valence-electron chi connectivity index (χ4n) is 1.52. The average molecular weight is 313 g/mol. The van der Waals surface area contributed by atoms with E-state index >= 15 is 0 Å². The quantitative estimate of drug-likeness (QED) is 0.487. The van der Waals surface area contributed by atoms with Crippen LogP contribution in [0, 0.1) is 0 Å². The summed E-state index contributed by atoms with van der Waals surface area (Å²) in [6.07, 6.45) is 2.01. The maximum absolute atomic E-state index is 10.8. The van der Waals surface area contributed by atoms with E-state index < -0.39 is 0 Å². The first-order valence-electron chi connectivity index (χ1n) is 6.24. The molecule has 0 saturated carbocycles. The lowest BCUT2D eigenvalue weighted by molar-refractivity contribution is -0.109. The van der Waals surface area contributed by atoms with Crippen molar-refractivity contribution < 1.29 is 4.79 Å². The van der Waals surface area contributed by atoms with Gasteiger partial charge in [0, 0.05) is 35.2 Å². The molecular weight excluding hydrogens is 292 g/mol. The van der Waals surface area contributed by atoms with Crippen molar-refractivity contribution in [3.05, 3.63) is 48.6 Å². The summed E-state index contributed by atoms with van der Waals surface area (Å²) in [5.41, 5.74) is 1.32. The third kappa shape index (κ3) is 7.75. The molecule has 19 heavy (non-hydrogen) atoms. The summed E-state index contributed by atoms with van der Waals surface area (Å²) in [7, 11) is 0. The van der Waals surface area contributed by atoms with Crippen LogP contribution in [0.4, 0.5) is 0 Å². The van der Waals surface area contributed by atoms with E-state index in [1.807, 2.05) is 35.7 Å². The zero-order valence-electron chi connectivity index (χ0n) is 11.2. The molecule has 0 aliphatic heterocycles. The van der Waals surface area contributed by atoms with Gasteiger partial charge >= 0.3 is 0 Å². The lowest BCUT2D eigenvalue weighted by atomic mass is 10.1. The molecule has 0 aromatic heterocycles. The van der Waals surface area contributed by atoms with Gasteiger partial charge in [-0.2, -0.15) is 11.8 Å². The predicted octanol–water partition coefficient (Wildman–Crippen LogP) is 4.66. The summed E-state index contributed by atoms with van der Waals surface area (Å²) in [6, 6.07) is 10.5. The largest absolute Gasteiger partial charge is 0.288 e. The van der Waals surface area contributed by atoms with Crippen LogP contribution < -0.4 is 0 Å². The van der Waals surface area contributed by atoms with E-state index in [-0.39, 0.29) is 5.12 Å². The molecule has 0 spiro atoms. The van der Waals surface area contributed by atoms with Crippen molar-refractivity contribution in [1.29, 1.82) is 0 Å². The van der Waals surface area contributed by atoms with Crippen LogP contribution in [0.25, 0.3) is 0 Å². The number of carbonyl (C=O) groups excluding carboxylic acids is 1. The van der Waals surface area contributed by atoms with Gasteiger partial charge in [0.25, 0.3) is 0 Å². The molecule has 0 amide bonds. The lowest BCUT2D eigenvalue weighted by Gasteiger charge is -2.12. The van der Waals surface area contributed by atoms with Gasteiger partial charge < -0.3 is 0 Å². The van der Waals surface area contributed by atoms with E-state index in [1.54, 1.807) is 6.92 Å². The SMILES string of the molecule is C=CC(SCCSCCSC(C)=O)c1ccccc1. The number of hydrogen-bond acceptors (Lipinski definition) is 4. The standard InChI is InChI=1S/C15H20OS3/c1-3-15(14-7-5-4-6-8-14)19-12-10-17-9-11-18-13(2)16/h3-8,15H,1,9-12H2,2H3. The molecule has 1 aromatic rings. The summed E-state index contributed by atoms with van der Waals surface area (Å²) in [5, 5.41) is 0.596. The summed E-state index contributed by atoms with van der Waals surface area (Å²) in [5.74, 6) is 4.21. The molecular formula is C15H20OS3. The Morgan fingerprint density at radius 2 is 1.89 bits per heavy atom. The first kappa shape index (κ1) is 16.7. The van der Waals surface area contributed by atoms with Crippen LogP contribution in [0.3, 0.4) is 0 Å². The third-order valence-corrected chi connectivity index (χ3v) is 5.98. The highest BCUT2D eigenvalue weighted by Crippen LogP contribution is 2.30. The predicted molar refractivity (Wildman–Crippen MR) is 92.3 cm³/mol. The molecule has 0 aliphatic rings. The van der Waals surface area contributed by atoms with Crippen molar-refractivity contribution in [2.75, 3.05) is 23.0 Å². The normalized spacial score (nSPS) is 12.1. The molecule has 1 rings (SSSR count). The van der Waals surface area contributed by atoms with E-state index in [9.17, 15) is 4.79 Å². The maximum Gasteiger partial charge on any atom is 0.185 e. The molecule has 1 atom stereocenters. The zero-order valence-corrected chi connectivity index (χ0v) is 13.7. The van der Waals surface area contributed by atoms with Crippen LogP contribution in [-0.4, -0.2) is 28.1 Å². The van der Waals surface area contributed by atoms with Crippen molar-refractivity contribution in [1.82, 2.24) is 0 Å². The van der Waals surface area contributed by atoms with Crippen LogP contribution in [-0.2, 0) is 4.79 Å². The van der Waals surface area contributed by atoms with E-state index in [2.05, 4.69) is 30.8 Å². The maximum atomic E-state index is 10.8. The van der Waals surface area contributed by atoms with Crippen molar-refractivity contribution in [3.63, 3.8) is 0 Å². The van der Waals surface area contributed by atoms with Gasteiger partial charge in [-0.05, 0) is 5.56 Å². The van der Waals surface area contributed by atoms with E-state index in [0.29, 0.717) is 5.25 Å². The Bertz CT molecular complexity index is 378. The number of rotatable bonds is 9. The van der Waals surface area contributed by atoms with Crippen molar-refractivity contribution >= 4 is 40.4 Å². The molecule has 4 heteroatoms. The second-order valence-electron chi connectivity index (χ2n) is 3.89. The molecule has 1 aromatic carbocycles. The Labute approximate surface area is 129 Å². The minimum absolute atomic E-state index is 0.214. The molecule has 0 heterocycles. The molecule has 0 saturated heterocycles. The molecule has 1 nitrogen and oxygen atoms in total. The molecule has 0 fully saturated rings. The number of hydrogen-bond donors (Lipinski definition) is 0. The van der Waals surface area contributed by atoms with Gasteiger partial charge in [0.15, 0.2) is 5.12 Å². The number of carbonyl (C=O) groups is 1. The third-order valence-electron chi connectivity index (χ3n) is 2.40. The zero-order chi connectivity index (χ0) is 13.9. The highest BCUT2D eigenvalue weighted by molar-refractivity contribution is 8.14. The molecule has 0 bridgehead atoms. The van der Waals surface area contributed by atoms with Crippen LogP contribution in [0.2, 0.25) is 0 Å². The van der Waals surface area contributed by atoms with Crippen LogP contribution in [0.5, 0.6) is 0 Å². The molecule has 104 valence electrons. The second kappa shape index (κ2) is 10.5. The average Bonchev–Trinajstić information content (AvgIpc) is 2.42. The van der Waals surface area contributed by atoms with Crippen molar-refractivity contribution in [2.24, 2.45) is 0 Å². The number of thioether (sulfide) groups is 3. The van der Waals surface area contributed by atoms with E-state index in [1.165, 1.54) is 17.3 Å². The molecule has 1 unspecified atom stereocenters. The summed E-state index contributed by atoms with van der Waals surface area (Å²) in [4.78, 5) is 10.8. The van der Waals surface area contributed by atoms with Crippen molar-refractivity contribution in [2.45, 2.75) is 12.2 Å². The van der Waals surface area contributed by atoms with Gasteiger partial charge in [-0.3, -0.25) is 4.79 Å². The van der Waals surface area contributed by atoms with Gasteiger partial charge in [-0.25, -0.2) is 0 Å². The summed E-state index contributed by atoms with van der Waals surface area (Å²) in [6.45, 7) is 5.54. The van der Waals surface area contributed by atoms with Gasteiger partial charge in [-0.15, -0.1) is 18.3 Å². The lowest BCUT2D eigenvalue weighted by Crippen LogP contribution is -1.95. The second-order valence-corrected chi connectivity index (χ2v) is 7.64. The number of benzene rings is 1. The Hall–Kier alpha value is -0.320. The van der Waals surface area contributed by atoms with Gasteiger partial charge in [-0.1, -0.05) is 48.2 Å². The smallest absolute Gasteiger partial charge is 0.185 e. The monoisotopic (exact) mass is 312 g/mol. The Balaban J connectivity index is 2.14. The van der Waals surface area contributed by atoms with Gasteiger partial charge in [0.2, 0.25) is 0 Å². The van der Waals surface area contributed by atoms with Gasteiger partial charge in [0.05, 0.1) is 0 Å². The highest BCUT2D eigenvalue weighted by atomic mass is 32.2. The van der Waals surface area contributed by atoms with Crippen LogP contribution >= 0.6 is 35.3 Å². The summed E-state index contributed by atoms with van der Waals surface area (Å²) < 4.78 is 0. The topological polar surface area (TPSA) is 17.1 Å². The Morgan fingerprint density at radius 1 is 1.21 bits per heavy atom.